The zero-order valence-corrected chi connectivity index (χ0v) is 21.1. The summed E-state index contributed by atoms with van der Waals surface area (Å²) in [4.78, 5) is 17.6. The molecule has 5 rings (SSSR count). The van der Waals surface area contributed by atoms with Crippen LogP contribution >= 0.6 is 11.6 Å². The van der Waals surface area contributed by atoms with E-state index in [9.17, 15) is 4.79 Å². The summed E-state index contributed by atoms with van der Waals surface area (Å²) in [6.45, 7) is 5.04. The normalized spacial score (nSPS) is 14.5. The standard InChI is InChI=1S/C28H28ClN5O2/c1-19(20-8-4-3-5-9-20)30-28(35)26-22-10-6-7-11-23(22)27(32-31-26)34-16-14-33(15-17-34)24-18-21(29)12-13-25(24)36-2/h3-13,18-19H,14-17H2,1-2H3,(H,30,35). The van der Waals surface area contributed by atoms with Crippen LogP contribution < -0.4 is 19.9 Å². The van der Waals surface area contributed by atoms with Gasteiger partial charge in [0.25, 0.3) is 5.91 Å². The van der Waals surface area contributed by atoms with Crippen molar-refractivity contribution < 1.29 is 9.53 Å². The first-order chi connectivity index (χ1) is 17.5. The van der Waals surface area contributed by atoms with E-state index in [2.05, 4.69) is 25.3 Å². The van der Waals surface area contributed by atoms with Crippen molar-refractivity contribution in [3.63, 3.8) is 0 Å². The molecule has 1 N–H and O–H groups in total. The summed E-state index contributed by atoms with van der Waals surface area (Å²) < 4.78 is 5.54. The zero-order valence-electron chi connectivity index (χ0n) is 20.3. The Morgan fingerprint density at radius 1 is 0.917 bits per heavy atom. The number of hydrogen-bond donors (Lipinski definition) is 1. The molecule has 8 heteroatoms. The highest BCUT2D eigenvalue weighted by atomic mass is 35.5. The van der Waals surface area contributed by atoms with Gasteiger partial charge in [-0.05, 0) is 30.7 Å². The molecule has 184 valence electrons. The van der Waals surface area contributed by atoms with E-state index < -0.39 is 0 Å². The first kappa shape index (κ1) is 23.9. The molecule has 4 aromatic rings. The maximum absolute atomic E-state index is 13.2. The number of rotatable bonds is 6. The third-order valence-electron chi connectivity index (χ3n) is 6.59. The molecule has 3 aromatic carbocycles. The van der Waals surface area contributed by atoms with E-state index in [0.717, 1.165) is 59.8 Å². The molecule has 1 unspecified atom stereocenters. The van der Waals surface area contributed by atoms with Gasteiger partial charge >= 0.3 is 0 Å². The Morgan fingerprint density at radius 3 is 2.31 bits per heavy atom. The monoisotopic (exact) mass is 501 g/mol. The third kappa shape index (κ3) is 4.79. The van der Waals surface area contributed by atoms with Gasteiger partial charge in [0.2, 0.25) is 0 Å². The number of aromatic nitrogens is 2. The molecule has 0 spiro atoms. The van der Waals surface area contributed by atoms with E-state index in [-0.39, 0.29) is 11.9 Å². The smallest absolute Gasteiger partial charge is 0.272 e. The van der Waals surface area contributed by atoms with E-state index in [1.54, 1.807) is 7.11 Å². The molecule has 1 aliphatic rings. The van der Waals surface area contributed by atoms with Crippen LogP contribution in [0.4, 0.5) is 11.5 Å². The van der Waals surface area contributed by atoms with Crippen LogP contribution in [-0.2, 0) is 0 Å². The molecule has 7 nitrogen and oxygen atoms in total. The highest BCUT2D eigenvalue weighted by Gasteiger charge is 2.24. The number of carbonyl (C=O) groups excluding carboxylic acids is 1. The van der Waals surface area contributed by atoms with Crippen LogP contribution in [0.2, 0.25) is 5.02 Å². The molecule has 0 aliphatic carbocycles. The number of carbonyl (C=O) groups is 1. The summed E-state index contributed by atoms with van der Waals surface area (Å²) >= 11 is 6.25. The van der Waals surface area contributed by atoms with Crippen molar-refractivity contribution in [3.05, 3.63) is 89.1 Å². The van der Waals surface area contributed by atoms with Gasteiger partial charge in [-0.15, -0.1) is 10.2 Å². The fourth-order valence-electron chi connectivity index (χ4n) is 4.65. The Hall–Kier alpha value is -3.84. The molecule has 0 bridgehead atoms. The van der Waals surface area contributed by atoms with Gasteiger partial charge in [0.1, 0.15) is 5.75 Å². The van der Waals surface area contributed by atoms with Gasteiger partial charge < -0.3 is 19.9 Å². The number of fused-ring (bicyclic) bond motifs is 1. The van der Waals surface area contributed by atoms with Gasteiger partial charge in [0.05, 0.1) is 18.8 Å². The van der Waals surface area contributed by atoms with E-state index >= 15 is 0 Å². The topological polar surface area (TPSA) is 70.6 Å². The summed E-state index contributed by atoms with van der Waals surface area (Å²) in [5, 5.41) is 14.4. The van der Waals surface area contributed by atoms with Crippen LogP contribution in [0.5, 0.6) is 5.75 Å². The van der Waals surface area contributed by atoms with Gasteiger partial charge in [-0.2, -0.15) is 0 Å². The van der Waals surface area contributed by atoms with Crippen molar-refractivity contribution in [3.8, 4) is 5.75 Å². The van der Waals surface area contributed by atoms with Gasteiger partial charge in [0, 0.05) is 42.0 Å². The fraction of sp³-hybridized carbons (Fsp3) is 0.250. The molecule has 1 fully saturated rings. The second-order valence-electron chi connectivity index (χ2n) is 8.81. The molecule has 1 amide bonds. The highest BCUT2D eigenvalue weighted by Crippen LogP contribution is 2.33. The number of piperazine rings is 1. The Kier molecular flexibility index (Phi) is 6.91. The summed E-state index contributed by atoms with van der Waals surface area (Å²) in [6, 6.07) is 23.2. The number of anilines is 2. The van der Waals surface area contributed by atoms with E-state index in [1.165, 1.54) is 0 Å². The lowest BCUT2D eigenvalue weighted by Crippen LogP contribution is -2.47. The number of benzene rings is 3. The Morgan fingerprint density at radius 2 is 1.58 bits per heavy atom. The summed E-state index contributed by atoms with van der Waals surface area (Å²) in [7, 11) is 1.67. The lowest BCUT2D eigenvalue weighted by molar-refractivity contribution is 0.0935. The van der Waals surface area contributed by atoms with E-state index in [0.29, 0.717) is 10.7 Å². The van der Waals surface area contributed by atoms with Crippen molar-refractivity contribution in [1.82, 2.24) is 15.5 Å². The summed E-state index contributed by atoms with van der Waals surface area (Å²) in [5.41, 5.74) is 2.36. The van der Waals surface area contributed by atoms with E-state index in [4.69, 9.17) is 16.3 Å². The van der Waals surface area contributed by atoms with E-state index in [1.807, 2.05) is 79.7 Å². The minimum atomic E-state index is -0.237. The third-order valence-corrected chi connectivity index (χ3v) is 6.83. The largest absolute Gasteiger partial charge is 0.495 e. The van der Waals surface area contributed by atoms with Crippen molar-refractivity contribution >= 4 is 39.8 Å². The van der Waals surface area contributed by atoms with Crippen LogP contribution in [0.25, 0.3) is 10.8 Å². The molecule has 1 atom stereocenters. The van der Waals surface area contributed by atoms with Crippen LogP contribution in [0, 0.1) is 0 Å². The van der Waals surface area contributed by atoms with Crippen molar-refractivity contribution in [2.24, 2.45) is 0 Å². The highest BCUT2D eigenvalue weighted by molar-refractivity contribution is 6.31. The quantitative estimate of drug-likeness (QED) is 0.396. The Bertz CT molecular complexity index is 1370. The second kappa shape index (κ2) is 10.4. The van der Waals surface area contributed by atoms with Crippen LogP contribution in [0.1, 0.15) is 29.0 Å². The Labute approximate surface area is 215 Å². The minimum Gasteiger partial charge on any atom is -0.495 e. The average molecular weight is 502 g/mol. The van der Waals surface area contributed by atoms with Crippen LogP contribution in [0.15, 0.2) is 72.8 Å². The first-order valence-electron chi connectivity index (χ1n) is 12.0. The second-order valence-corrected chi connectivity index (χ2v) is 9.25. The first-order valence-corrected chi connectivity index (χ1v) is 12.4. The molecular formula is C28H28ClN5O2. The number of nitrogens with one attached hydrogen (secondary N) is 1. The lowest BCUT2D eigenvalue weighted by Gasteiger charge is -2.37. The van der Waals surface area contributed by atoms with Gasteiger partial charge in [-0.1, -0.05) is 66.2 Å². The molecule has 0 radical (unpaired) electrons. The molecule has 2 heterocycles. The summed E-state index contributed by atoms with van der Waals surface area (Å²) in [6.07, 6.45) is 0. The molecular weight excluding hydrogens is 474 g/mol. The molecule has 1 aliphatic heterocycles. The van der Waals surface area contributed by atoms with Crippen LogP contribution in [0.3, 0.4) is 0 Å². The number of hydrogen-bond acceptors (Lipinski definition) is 6. The predicted molar refractivity (Wildman–Crippen MR) is 144 cm³/mol. The Balaban J connectivity index is 1.36. The minimum absolute atomic E-state index is 0.143. The fourth-order valence-corrected chi connectivity index (χ4v) is 4.82. The molecule has 1 aromatic heterocycles. The maximum Gasteiger partial charge on any atom is 0.272 e. The number of amides is 1. The van der Waals surface area contributed by atoms with Crippen molar-refractivity contribution in [1.29, 1.82) is 0 Å². The maximum atomic E-state index is 13.2. The number of nitrogens with zero attached hydrogens (tertiary/aromatic N) is 4. The molecule has 0 saturated carbocycles. The number of methoxy groups -OCH3 is 1. The number of ether oxygens (including phenoxy) is 1. The average Bonchev–Trinajstić information content (AvgIpc) is 2.93. The SMILES string of the molecule is COc1ccc(Cl)cc1N1CCN(c2nnc(C(=O)NC(C)c3ccccc3)c3ccccc23)CC1. The van der Waals surface area contributed by atoms with Gasteiger partial charge in [-0.25, -0.2) is 0 Å². The molecule has 1 saturated heterocycles. The van der Waals surface area contributed by atoms with Crippen LogP contribution in [-0.4, -0.2) is 49.4 Å². The number of halogens is 1. The van der Waals surface area contributed by atoms with Gasteiger partial charge in [-0.3, -0.25) is 4.79 Å². The lowest BCUT2D eigenvalue weighted by atomic mass is 10.1. The van der Waals surface area contributed by atoms with Crippen molar-refractivity contribution in [2.45, 2.75) is 13.0 Å². The van der Waals surface area contributed by atoms with Gasteiger partial charge in [0.15, 0.2) is 11.5 Å². The summed E-state index contributed by atoms with van der Waals surface area (Å²) in [5.74, 6) is 1.36. The molecule has 36 heavy (non-hydrogen) atoms. The zero-order chi connectivity index (χ0) is 25.1. The van der Waals surface area contributed by atoms with Crippen molar-refractivity contribution in [2.75, 3.05) is 43.1 Å². The predicted octanol–water partition coefficient (Wildman–Crippen LogP) is 5.11.